The SMILES string of the molecule is C1CC1N=NC1CC1. The molecule has 2 nitrogen and oxygen atoms in total. The third-order valence-corrected chi connectivity index (χ3v) is 1.49. The van der Waals surface area contributed by atoms with Crippen LogP contribution in [0.15, 0.2) is 10.2 Å². The van der Waals surface area contributed by atoms with Crippen LogP contribution in [0.1, 0.15) is 25.7 Å². The van der Waals surface area contributed by atoms with E-state index in [2.05, 4.69) is 10.2 Å². The minimum absolute atomic E-state index is 0.635. The molecule has 0 N–H and O–H groups in total. The van der Waals surface area contributed by atoms with Gasteiger partial charge >= 0.3 is 0 Å². The molecule has 0 bridgehead atoms. The molecule has 0 aromatic heterocycles. The zero-order chi connectivity index (χ0) is 5.40. The molecule has 0 spiro atoms. The standard InChI is InChI=1S/C6H10N2/c1-2-5(1)7-8-6-3-4-6/h5-6H,1-4H2. The van der Waals surface area contributed by atoms with Gasteiger partial charge in [-0.2, -0.15) is 10.2 Å². The van der Waals surface area contributed by atoms with Crippen LogP contribution in [-0.2, 0) is 0 Å². The minimum Gasteiger partial charge on any atom is -0.191 e. The maximum absolute atomic E-state index is 4.12. The van der Waals surface area contributed by atoms with E-state index in [1.54, 1.807) is 0 Å². The van der Waals surface area contributed by atoms with Crippen LogP contribution in [-0.4, -0.2) is 12.1 Å². The van der Waals surface area contributed by atoms with Crippen molar-refractivity contribution in [1.29, 1.82) is 0 Å². The summed E-state index contributed by atoms with van der Waals surface area (Å²) in [5, 5.41) is 8.25. The van der Waals surface area contributed by atoms with E-state index in [9.17, 15) is 0 Å². The van der Waals surface area contributed by atoms with Crippen molar-refractivity contribution in [3.63, 3.8) is 0 Å². The van der Waals surface area contributed by atoms with Crippen molar-refractivity contribution in [1.82, 2.24) is 0 Å². The van der Waals surface area contributed by atoms with E-state index < -0.39 is 0 Å². The number of nitrogens with zero attached hydrogens (tertiary/aromatic N) is 2. The van der Waals surface area contributed by atoms with Gasteiger partial charge in [0.05, 0.1) is 12.1 Å². The van der Waals surface area contributed by atoms with Gasteiger partial charge in [0.2, 0.25) is 0 Å². The van der Waals surface area contributed by atoms with E-state index in [0.29, 0.717) is 12.1 Å². The van der Waals surface area contributed by atoms with Crippen LogP contribution in [0.25, 0.3) is 0 Å². The van der Waals surface area contributed by atoms with Crippen LogP contribution >= 0.6 is 0 Å². The van der Waals surface area contributed by atoms with Crippen LogP contribution in [0.2, 0.25) is 0 Å². The van der Waals surface area contributed by atoms with E-state index >= 15 is 0 Å². The highest BCUT2D eigenvalue weighted by atomic mass is 15.2. The molecular weight excluding hydrogens is 100 g/mol. The van der Waals surface area contributed by atoms with Gasteiger partial charge in [-0.3, -0.25) is 0 Å². The molecule has 44 valence electrons. The fourth-order valence-electron chi connectivity index (χ4n) is 0.569. The number of rotatable bonds is 2. The quantitative estimate of drug-likeness (QED) is 0.484. The van der Waals surface area contributed by atoms with E-state index in [1.807, 2.05) is 0 Å². The fraction of sp³-hybridized carbons (Fsp3) is 1.00. The van der Waals surface area contributed by atoms with Crippen molar-refractivity contribution in [3.05, 3.63) is 0 Å². The van der Waals surface area contributed by atoms with Crippen LogP contribution in [0, 0.1) is 0 Å². The molecule has 8 heavy (non-hydrogen) atoms. The predicted molar refractivity (Wildman–Crippen MR) is 30.9 cm³/mol. The average molecular weight is 110 g/mol. The van der Waals surface area contributed by atoms with Crippen molar-refractivity contribution in [3.8, 4) is 0 Å². The second-order valence-corrected chi connectivity index (χ2v) is 2.69. The van der Waals surface area contributed by atoms with Crippen molar-refractivity contribution in [2.75, 3.05) is 0 Å². The van der Waals surface area contributed by atoms with Crippen molar-refractivity contribution < 1.29 is 0 Å². The van der Waals surface area contributed by atoms with Crippen LogP contribution in [0.4, 0.5) is 0 Å². The van der Waals surface area contributed by atoms with E-state index in [-0.39, 0.29) is 0 Å². The summed E-state index contributed by atoms with van der Waals surface area (Å²) < 4.78 is 0. The number of azo groups is 1. The summed E-state index contributed by atoms with van der Waals surface area (Å²) in [6.07, 6.45) is 5.15. The Bertz CT molecular complexity index is 97.7. The largest absolute Gasteiger partial charge is 0.191 e. The van der Waals surface area contributed by atoms with Gasteiger partial charge in [-0.15, -0.1) is 0 Å². The molecule has 2 aliphatic carbocycles. The summed E-state index contributed by atoms with van der Waals surface area (Å²) in [6.45, 7) is 0. The lowest BCUT2D eigenvalue weighted by molar-refractivity contribution is 0.843. The molecule has 2 saturated carbocycles. The summed E-state index contributed by atoms with van der Waals surface area (Å²) in [5.74, 6) is 0. The zero-order valence-corrected chi connectivity index (χ0v) is 4.88. The highest BCUT2D eigenvalue weighted by Gasteiger charge is 2.24. The number of hydrogen-bond acceptors (Lipinski definition) is 2. The molecule has 0 atom stereocenters. The lowest BCUT2D eigenvalue weighted by Gasteiger charge is -1.78. The Hall–Kier alpha value is -0.400. The van der Waals surface area contributed by atoms with E-state index in [4.69, 9.17) is 0 Å². The van der Waals surface area contributed by atoms with Gasteiger partial charge in [-0.05, 0) is 25.7 Å². The Kier molecular flexibility index (Phi) is 0.861. The summed E-state index contributed by atoms with van der Waals surface area (Å²) in [5.41, 5.74) is 0. The summed E-state index contributed by atoms with van der Waals surface area (Å²) in [7, 11) is 0. The smallest absolute Gasteiger partial charge is 0.0710 e. The molecule has 0 saturated heterocycles. The van der Waals surface area contributed by atoms with Gasteiger partial charge < -0.3 is 0 Å². The Morgan fingerprint density at radius 2 is 1.12 bits per heavy atom. The lowest BCUT2D eigenvalue weighted by Crippen LogP contribution is -1.73. The molecular formula is C6H10N2. The molecule has 0 aromatic carbocycles. The fourth-order valence-corrected chi connectivity index (χ4v) is 0.569. The zero-order valence-electron chi connectivity index (χ0n) is 4.88. The first-order valence-electron chi connectivity index (χ1n) is 3.35. The maximum atomic E-state index is 4.12. The molecule has 0 aliphatic heterocycles. The summed E-state index contributed by atoms with van der Waals surface area (Å²) in [4.78, 5) is 0. The highest BCUT2D eigenvalue weighted by Crippen LogP contribution is 2.28. The summed E-state index contributed by atoms with van der Waals surface area (Å²) >= 11 is 0. The molecule has 2 aliphatic rings. The second-order valence-electron chi connectivity index (χ2n) is 2.69. The molecule has 0 radical (unpaired) electrons. The molecule has 0 unspecified atom stereocenters. The van der Waals surface area contributed by atoms with E-state index in [1.165, 1.54) is 25.7 Å². The Balaban J connectivity index is 1.76. The molecule has 0 heterocycles. The highest BCUT2D eigenvalue weighted by molar-refractivity contribution is 4.83. The predicted octanol–water partition coefficient (Wildman–Crippen LogP) is 1.76. The first-order valence-corrected chi connectivity index (χ1v) is 3.35. The molecule has 0 amide bonds. The monoisotopic (exact) mass is 110 g/mol. The lowest BCUT2D eigenvalue weighted by atomic mass is 10.7. The van der Waals surface area contributed by atoms with Crippen molar-refractivity contribution in [2.45, 2.75) is 37.8 Å². The van der Waals surface area contributed by atoms with Crippen LogP contribution in [0.3, 0.4) is 0 Å². The third-order valence-electron chi connectivity index (χ3n) is 1.49. The van der Waals surface area contributed by atoms with Gasteiger partial charge in [-0.1, -0.05) is 0 Å². The molecule has 2 rings (SSSR count). The molecule has 2 heteroatoms. The van der Waals surface area contributed by atoms with Crippen LogP contribution in [0.5, 0.6) is 0 Å². The van der Waals surface area contributed by atoms with Gasteiger partial charge in [0.25, 0.3) is 0 Å². The van der Waals surface area contributed by atoms with Gasteiger partial charge in [0.1, 0.15) is 0 Å². The minimum atomic E-state index is 0.635. The first kappa shape index (κ1) is 4.48. The van der Waals surface area contributed by atoms with Crippen molar-refractivity contribution in [2.24, 2.45) is 10.2 Å². The van der Waals surface area contributed by atoms with Gasteiger partial charge in [0, 0.05) is 0 Å². The first-order chi connectivity index (χ1) is 3.95. The topological polar surface area (TPSA) is 24.7 Å². The maximum Gasteiger partial charge on any atom is 0.0710 e. The summed E-state index contributed by atoms with van der Waals surface area (Å²) in [6, 6.07) is 1.27. The second kappa shape index (κ2) is 1.54. The average Bonchev–Trinajstić information content (AvgIpc) is 2.60. The normalized spacial score (nSPS) is 29.5. The van der Waals surface area contributed by atoms with Gasteiger partial charge in [0.15, 0.2) is 0 Å². The third kappa shape index (κ3) is 1.05. The van der Waals surface area contributed by atoms with Crippen molar-refractivity contribution >= 4 is 0 Å². The van der Waals surface area contributed by atoms with Gasteiger partial charge in [-0.25, -0.2) is 0 Å². The number of hydrogen-bond donors (Lipinski definition) is 0. The Morgan fingerprint density at radius 3 is 1.38 bits per heavy atom. The molecule has 0 aromatic rings. The van der Waals surface area contributed by atoms with Crippen LogP contribution < -0.4 is 0 Å². The Morgan fingerprint density at radius 1 is 0.750 bits per heavy atom. The Labute approximate surface area is 49.0 Å². The molecule has 2 fully saturated rings. The van der Waals surface area contributed by atoms with E-state index in [0.717, 1.165) is 0 Å².